The van der Waals surface area contributed by atoms with Gasteiger partial charge >= 0.3 is 0 Å². The molecule has 0 spiro atoms. The molecule has 0 aromatic heterocycles. The molecule has 2 aromatic rings. The zero-order valence-corrected chi connectivity index (χ0v) is 34.1. The molecule has 2 aromatic carbocycles. The van der Waals surface area contributed by atoms with Crippen LogP contribution in [0.2, 0.25) is 5.04 Å². The molecule has 0 amide bonds. The van der Waals surface area contributed by atoms with Crippen LogP contribution in [0, 0.1) is 35.0 Å². The summed E-state index contributed by atoms with van der Waals surface area (Å²) in [6, 6.07) is 21.8. The number of rotatable bonds is 11. The maximum atomic E-state index is 11.3. The van der Waals surface area contributed by atoms with Crippen LogP contribution in [-0.2, 0) is 13.9 Å². The van der Waals surface area contributed by atoms with Gasteiger partial charge in [-0.1, -0.05) is 130 Å². The van der Waals surface area contributed by atoms with Gasteiger partial charge in [0.25, 0.3) is 8.32 Å². The van der Waals surface area contributed by atoms with E-state index in [2.05, 4.69) is 119 Å². The van der Waals surface area contributed by atoms with Gasteiger partial charge < -0.3 is 19.0 Å². The standard InChI is InChI=1S/C46H66O4Si/c1-10-48-35(3)49-45(7,8)29-17-19-34(2)42-27-28-43-37(20-18-30-46(42,43)9)26-25-36-31-38(47)33-39(32-36)50-51(44(4,5)6,40-21-13-11-14-22-40)41-23-15-12-16-24-41/h11-16,21-26,34-35,38-39,42-43,47H,10,18-20,27-28,30-33H2,1-9H3/b36-25+,37-26+/t34-,35?,38+,39-,42-,43-,46-/m1/s1. The Kier molecular flexibility index (Phi) is 13.0. The van der Waals surface area contributed by atoms with Crippen molar-refractivity contribution < 1.29 is 19.0 Å². The van der Waals surface area contributed by atoms with Crippen molar-refractivity contribution in [3.05, 3.63) is 84.0 Å². The SMILES string of the molecule is CCOC(C)OC(C)(C)C#CC[C@@H](C)[C@H]1CC[C@@H]2/C(=C/C=C3\C[C@H](O)C[C@H](O[Si](c4ccccc4)(c4ccccc4)C(C)(C)C)C3)CCC[C@@]21C. The van der Waals surface area contributed by atoms with Crippen LogP contribution in [0.15, 0.2) is 84.0 Å². The zero-order chi connectivity index (χ0) is 36.9. The molecule has 3 fully saturated rings. The molecule has 0 heterocycles. The molecule has 278 valence electrons. The van der Waals surface area contributed by atoms with Crippen molar-refractivity contribution >= 4 is 18.7 Å². The Bertz CT molecular complexity index is 1500. The topological polar surface area (TPSA) is 47.9 Å². The van der Waals surface area contributed by atoms with Gasteiger partial charge in [-0.2, -0.15) is 0 Å². The molecule has 51 heavy (non-hydrogen) atoms. The van der Waals surface area contributed by atoms with Crippen molar-refractivity contribution in [2.75, 3.05) is 6.61 Å². The quantitative estimate of drug-likeness (QED) is 0.143. The summed E-state index contributed by atoms with van der Waals surface area (Å²) < 4.78 is 19.1. The first-order valence-electron chi connectivity index (χ1n) is 19.8. The van der Waals surface area contributed by atoms with Crippen molar-refractivity contribution in [2.45, 2.75) is 149 Å². The van der Waals surface area contributed by atoms with Crippen molar-refractivity contribution in [2.24, 2.45) is 23.2 Å². The highest BCUT2D eigenvalue weighted by molar-refractivity contribution is 6.99. The largest absolute Gasteiger partial charge is 0.404 e. The van der Waals surface area contributed by atoms with E-state index in [0.717, 1.165) is 19.3 Å². The normalized spacial score (nSPS) is 28.6. The lowest BCUT2D eigenvalue weighted by Gasteiger charge is -2.46. The van der Waals surface area contributed by atoms with Gasteiger partial charge in [0.2, 0.25) is 0 Å². The highest BCUT2D eigenvalue weighted by Crippen LogP contribution is 2.59. The van der Waals surface area contributed by atoms with E-state index in [1.54, 1.807) is 5.57 Å². The number of ether oxygens (including phenoxy) is 2. The van der Waals surface area contributed by atoms with Crippen LogP contribution >= 0.6 is 0 Å². The lowest BCUT2D eigenvalue weighted by Crippen LogP contribution is -2.68. The summed E-state index contributed by atoms with van der Waals surface area (Å²) in [5.41, 5.74) is 2.71. The van der Waals surface area contributed by atoms with Crippen molar-refractivity contribution in [3.63, 3.8) is 0 Å². The first-order valence-corrected chi connectivity index (χ1v) is 21.7. The molecule has 1 N–H and O–H groups in total. The van der Waals surface area contributed by atoms with Crippen LogP contribution < -0.4 is 10.4 Å². The van der Waals surface area contributed by atoms with Crippen LogP contribution in [0.4, 0.5) is 0 Å². The van der Waals surface area contributed by atoms with E-state index < -0.39 is 13.9 Å². The lowest BCUT2D eigenvalue weighted by atomic mass is 9.61. The van der Waals surface area contributed by atoms with E-state index in [4.69, 9.17) is 13.9 Å². The maximum absolute atomic E-state index is 11.3. The molecule has 0 bridgehead atoms. The Hall–Kier alpha value is -2.46. The van der Waals surface area contributed by atoms with Crippen LogP contribution in [0.1, 0.15) is 120 Å². The molecule has 3 saturated carbocycles. The van der Waals surface area contributed by atoms with E-state index in [-0.39, 0.29) is 23.5 Å². The second kappa shape index (κ2) is 16.7. The molecule has 0 radical (unpaired) electrons. The minimum atomic E-state index is -2.70. The molecule has 3 aliphatic rings. The summed E-state index contributed by atoms with van der Waals surface area (Å²) in [6.07, 6.45) is 13.6. The summed E-state index contributed by atoms with van der Waals surface area (Å²) in [6.45, 7) is 20.6. The second-order valence-electron chi connectivity index (χ2n) is 17.5. The average Bonchev–Trinajstić information content (AvgIpc) is 3.43. The highest BCUT2D eigenvalue weighted by Gasteiger charge is 2.52. The van der Waals surface area contributed by atoms with Gasteiger partial charge in [0.15, 0.2) is 6.29 Å². The van der Waals surface area contributed by atoms with E-state index in [1.165, 1.54) is 48.1 Å². The number of hydrogen-bond acceptors (Lipinski definition) is 4. The molecular weight excluding hydrogens is 645 g/mol. The third kappa shape index (κ3) is 9.20. The van der Waals surface area contributed by atoms with E-state index in [1.807, 2.05) is 27.7 Å². The first kappa shape index (κ1) is 39.7. The molecule has 3 aliphatic carbocycles. The fourth-order valence-electron chi connectivity index (χ4n) is 10.0. The number of fused-ring (bicyclic) bond motifs is 1. The van der Waals surface area contributed by atoms with Crippen LogP contribution in [0.3, 0.4) is 0 Å². The Morgan fingerprint density at radius 2 is 1.59 bits per heavy atom. The monoisotopic (exact) mass is 710 g/mol. The number of aliphatic hydroxyl groups is 1. The Morgan fingerprint density at radius 3 is 2.20 bits per heavy atom. The van der Waals surface area contributed by atoms with Gasteiger partial charge in [0.05, 0.1) is 12.2 Å². The average molecular weight is 711 g/mol. The van der Waals surface area contributed by atoms with Crippen LogP contribution in [0.25, 0.3) is 0 Å². The lowest BCUT2D eigenvalue weighted by molar-refractivity contribution is -0.169. The Balaban J connectivity index is 1.32. The maximum Gasteiger partial charge on any atom is 0.261 e. The number of aliphatic hydroxyl groups excluding tert-OH is 1. The fraction of sp³-hybridized carbons (Fsp3) is 0.609. The summed E-state index contributed by atoms with van der Waals surface area (Å²) in [5.74, 6) is 8.73. The Labute approximate surface area is 311 Å². The summed E-state index contributed by atoms with van der Waals surface area (Å²) in [5, 5.41) is 13.7. The Morgan fingerprint density at radius 1 is 0.941 bits per heavy atom. The number of benzene rings is 2. The van der Waals surface area contributed by atoms with Gasteiger partial charge in [-0.05, 0) is 118 Å². The van der Waals surface area contributed by atoms with Gasteiger partial charge in [0, 0.05) is 13.0 Å². The van der Waals surface area contributed by atoms with Gasteiger partial charge in [-0.25, -0.2) is 0 Å². The molecule has 4 nitrogen and oxygen atoms in total. The summed E-state index contributed by atoms with van der Waals surface area (Å²) in [4.78, 5) is 0. The summed E-state index contributed by atoms with van der Waals surface area (Å²) in [7, 11) is -2.70. The van der Waals surface area contributed by atoms with Crippen molar-refractivity contribution in [3.8, 4) is 11.8 Å². The van der Waals surface area contributed by atoms with Crippen LogP contribution in [-0.4, -0.2) is 44.1 Å². The molecule has 0 saturated heterocycles. The minimum absolute atomic E-state index is 0.0306. The molecular formula is C46H66O4Si. The molecule has 5 rings (SSSR count). The smallest absolute Gasteiger partial charge is 0.261 e. The predicted octanol–water partition coefficient (Wildman–Crippen LogP) is 9.75. The van der Waals surface area contributed by atoms with Crippen molar-refractivity contribution in [1.82, 2.24) is 0 Å². The van der Waals surface area contributed by atoms with Crippen LogP contribution in [0.5, 0.6) is 0 Å². The van der Waals surface area contributed by atoms with E-state index in [0.29, 0.717) is 36.2 Å². The van der Waals surface area contributed by atoms with Gasteiger partial charge in [-0.3, -0.25) is 0 Å². The third-order valence-electron chi connectivity index (χ3n) is 12.2. The highest BCUT2D eigenvalue weighted by atomic mass is 28.4. The molecule has 5 heteroatoms. The van der Waals surface area contributed by atoms with Gasteiger partial charge in [-0.15, -0.1) is 0 Å². The minimum Gasteiger partial charge on any atom is -0.404 e. The molecule has 1 unspecified atom stereocenters. The van der Waals surface area contributed by atoms with E-state index in [9.17, 15) is 5.11 Å². The molecule has 0 aliphatic heterocycles. The second-order valence-corrected chi connectivity index (χ2v) is 21.8. The zero-order valence-electron chi connectivity index (χ0n) is 33.1. The fourth-order valence-corrected chi connectivity index (χ4v) is 14.7. The number of allylic oxidation sites excluding steroid dienone is 3. The van der Waals surface area contributed by atoms with E-state index >= 15 is 0 Å². The predicted molar refractivity (Wildman–Crippen MR) is 214 cm³/mol. The number of hydrogen-bond donors (Lipinski definition) is 1. The third-order valence-corrected chi connectivity index (χ3v) is 17.3. The molecule has 7 atom stereocenters. The van der Waals surface area contributed by atoms with Crippen molar-refractivity contribution in [1.29, 1.82) is 0 Å². The summed E-state index contributed by atoms with van der Waals surface area (Å²) >= 11 is 0. The van der Waals surface area contributed by atoms with Gasteiger partial charge in [0.1, 0.15) is 5.60 Å². The first-order chi connectivity index (χ1) is 24.2.